The second-order valence-corrected chi connectivity index (χ2v) is 3.76. The van der Waals surface area contributed by atoms with Gasteiger partial charge in [-0.05, 0) is 18.4 Å². The first-order valence-corrected chi connectivity index (χ1v) is 4.78. The van der Waals surface area contributed by atoms with Gasteiger partial charge in [0.05, 0.1) is 6.61 Å². The van der Waals surface area contributed by atoms with E-state index in [-0.39, 0.29) is 12.6 Å². The molecule has 0 bridgehead atoms. The van der Waals surface area contributed by atoms with E-state index in [9.17, 15) is 0 Å². The molecule has 1 rings (SSSR count). The Labute approximate surface area is 76.2 Å². The van der Waals surface area contributed by atoms with Crippen LogP contribution >= 0.6 is 11.3 Å². The first-order chi connectivity index (χ1) is 5.74. The number of thiophene rings is 1. The topological polar surface area (TPSA) is 58.3 Å². The number of aliphatic hydroxyl groups is 1. The summed E-state index contributed by atoms with van der Waals surface area (Å²) in [5.74, 6) is 0. The van der Waals surface area contributed by atoms with Crippen LogP contribution in [0.2, 0.25) is 0 Å². The lowest BCUT2D eigenvalue weighted by Gasteiger charge is -2.09. The number of nitrogens with one attached hydrogen (secondary N) is 1. The molecule has 0 saturated carbocycles. The van der Waals surface area contributed by atoms with E-state index in [1.165, 1.54) is 0 Å². The minimum Gasteiger partial charge on any atom is -0.398 e. The van der Waals surface area contributed by atoms with Gasteiger partial charge in [-0.3, -0.25) is 0 Å². The highest BCUT2D eigenvalue weighted by molar-refractivity contribution is 7.10. The lowest BCUT2D eigenvalue weighted by Crippen LogP contribution is -2.28. The molecular formula is C8H14N2OS. The van der Waals surface area contributed by atoms with Crippen LogP contribution in [0, 0.1) is 0 Å². The predicted molar refractivity (Wildman–Crippen MR) is 52.1 cm³/mol. The summed E-state index contributed by atoms with van der Waals surface area (Å²) in [5.41, 5.74) is 6.51. The molecule has 68 valence electrons. The van der Waals surface area contributed by atoms with Crippen LogP contribution in [-0.2, 0) is 6.54 Å². The molecule has 3 nitrogen and oxygen atoms in total. The maximum absolute atomic E-state index is 8.74. The van der Waals surface area contributed by atoms with E-state index in [0.29, 0.717) is 0 Å². The fourth-order valence-corrected chi connectivity index (χ4v) is 1.58. The first kappa shape index (κ1) is 9.51. The average molecular weight is 186 g/mol. The van der Waals surface area contributed by atoms with E-state index >= 15 is 0 Å². The van der Waals surface area contributed by atoms with Crippen molar-refractivity contribution in [2.24, 2.45) is 0 Å². The van der Waals surface area contributed by atoms with Crippen molar-refractivity contribution < 1.29 is 5.11 Å². The standard InChI is InChI=1S/C8H14N2OS/c1-6(5-11)10-4-8-7(9)2-3-12-8/h2-3,6,10-11H,4-5,9H2,1H3/t6-/m1/s1. The molecule has 4 heteroatoms. The molecule has 0 fully saturated rings. The third-order valence-corrected chi connectivity index (χ3v) is 2.60. The molecule has 1 aromatic rings. The highest BCUT2D eigenvalue weighted by Gasteiger charge is 2.02. The highest BCUT2D eigenvalue weighted by atomic mass is 32.1. The van der Waals surface area contributed by atoms with Crippen molar-refractivity contribution in [2.45, 2.75) is 19.5 Å². The fraction of sp³-hybridized carbons (Fsp3) is 0.500. The Morgan fingerprint density at radius 1 is 1.75 bits per heavy atom. The van der Waals surface area contributed by atoms with E-state index in [1.807, 2.05) is 18.4 Å². The van der Waals surface area contributed by atoms with Crippen LogP contribution in [0.3, 0.4) is 0 Å². The SMILES string of the molecule is C[C@H](CO)NCc1sccc1N. The van der Waals surface area contributed by atoms with E-state index in [4.69, 9.17) is 10.8 Å². The molecule has 0 amide bonds. The normalized spacial score (nSPS) is 13.2. The Morgan fingerprint density at radius 2 is 2.50 bits per heavy atom. The lowest BCUT2D eigenvalue weighted by atomic mass is 10.3. The fourth-order valence-electron chi connectivity index (χ4n) is 0.826. The summed E-state index contributed by atoms with van der Waals surface area (Å²) in [6.07, 6.45) is 0. The van der Waals surface area contributed by atoms with Crippen LogP contribution in [0.4, 0.5) is 5.69 Å². The first-order valence-electron chi connectivity index (χ1n) is 3.90. The Kier molecular flexibility index (Phi) is 3.52. The highest BCUT2D eigenvalue weighted by Crippen LogP contribution is 2.18. The van der Waals surface area contributed by atoms with Crippen molar-refractivity contribution in [1.29, 1.82) is 0 Å². The smallest absolute Gasteiger partial charge is 0.0582 e. The minimum atomic E-state index is 0.131. The molecule has 0 aliphatic rings. The van der Waals surface area contributed by atoms with E-state index < -0.39 is 0 Å². The van der Waals surface area contributed by atoms with Gasteiger partial charge in [-0.1, -0.05) is 0 Å². The molecular weight excluding hydrogens is 172 g/mol. The third-order valence-electron chi connectivity index (χ3n) is 1.66. The molecule has 0 saturated heterocycles. The third kappa shape index (κ3) is 2.48. The number of anilines is 1. The maximum Gasteiger partial charge on any atom is 0.0582 e. The van der Waals surface area contributed by atoms with Gasteiger partial charge >= 0.3 is 0 Å². The van der Waals surface area contributed by atoms with Crippen molar-refractivity contribution in [2.75, 3.05) is 12.3 Å². The van der Waals surface area contributed by atoms with Crippen LogP contribution in [-0.4, -0.2) is 17.8 Å². The molecule has 4 N–H and O–H groups in total. The molecule has 0 aliphatic carbocycles. The monoisotopic (exact) mass is 186 g/mol. The molecule has 0 aliphatic heterocycles. The Balaban J connectivity index is 2.38. The van der Waals surface area contributed by atoms with E-state index in [0.717, 1.165) is 17.1 Å². The second-order valence-electron chi connectivity index (χ2n) is 2.76. The van der Waals surface area contributed by atoms with Crippen LogP contribution in [0.25, 0.3) is 0 Å². The number of hydrogen-bond acceptors (Lipinski definition) is 4. The predicted octanol–water partition coefficient (Wildman–Crippen LogP) is 0.801. The van der Waals surface area contributed by atoms with Gasteiger partial charge in [-0.2, -0.15) is 0 Å². The molecule has 0 spiro atoms. The van der Waals surface area contributed by atoms with E-state index in [1.54, 1.807) is 11.3 Å². The van der Waals surface area contributed by atoms with Gasteiger partial charge in [-0.25, -0.2) is 0 Å². The summed E-state index contributed by atoms with van der Waals surface area (Å²) in [6, 6.07) is 2.03. The molecule has 0 aromatic carbocycles. The minimum absolute atomic E-state index is 0.131. The Morgan fingerprint density at radius 3 is 3.00 bits per heavy atom. The molecule has 0 radical (unpaired) electrons. The van der Waals surface area contributed by atoms with Crippen LogP contribution in [0.5, 0.6) is 0 Å². The summed E-state index contributed by atoms with van der Waals surface area (Å²) < 4.78 is 0. The molecule has 0 unspecified atom stereocenters. The lowest BCUT2D eigenvalue weighted by molar-refractivity contribution is 0.251. The summed E-state index contributed by atoms with van der Waals surface area (Å²) in [4.78, 5) is 1.13. The number of aliphatic hydroxyl groups excluding tert-OH is 1. The van der Waals surface area contributed by atoms with Gasteiger partial charge in [0.25, 0.3) is 0 Å². The van der Waals surface area contributed by atoms with Gasteiger partial charge in [0, 0.05) is 23.2 Å². The molecule has 1 heterocycles. The summed E-state index contributed by atoms with van der Waals surface area (Å²) in [6.45, 7) is 2.83. The zero-order chi connectivity index (χ0) is 8.97. The zero-order valence-electron chi connectivity index (χ0n) is 7.08. The maximum atomic E-state index is 8.74. The van der Waals surface area contributed by atoms with Gasteiger partial charge in [-0.15, -0.1) is 11.3 Å². The number of rotatable bonds is 4. The Bertz CT molecular complexity index is 237. The quantitative estimate of drug-likeness (QED) is 0.652. The number of hydrogen-bond donors (Lipinski definition) is 3. The molecule has 1 atom stereocenters. The van der Waals surface area contributed by atoms with Crippen LogP contribution < -0.4 is 11.1 Å². The molecule has 1 aromatic heterocycles. The van der Waals surface area contributed by atoms with Crippen molar-refractivity contribution in [3.63, 3.8) is 0 Å². The van der Waals surface area contributed by atoms with E-state index in [2.05, 4.69) is 5.32 Å². The zero-order valence-corrected chi connectivity index (χ0v) is 7.90. The Hall–Kier alpha value is -0.580. The van der Waals surface area contributed by atoms with Crippen molar-refractivity contribution >= 4 is 17.0 Å². The number of nitrogen functional groups attached to an aromatic ring is 1. The van der Waals surface area contributed by atoms with Crippen molar-refractivity contribution in [3.05, 3.63) is 16.3 Å². The van der Waals surface area contributed by atoms with Crippen LogP contribution in [0.1, 0.15) is 11.8 Å². The summed E-state index contributed by atoms with van der Waals surface area (Å²) in [7, 11) is 0. The second kappa shape index (κ2) is 4.45. The number of nitrogens with two attached hydrogens (primary N) is 1. The summed E-state index contributed by atoms with van der Waals surface area (Å²) in [5, 5.41) is 13.9. The average Bonchev–Trinajstić information content (AvgIpc) is 2.47. The van der Waals surface area contributed by atoms with Crippen molar-refractivity contribution in [3.8, 4) is 0 Å². The van der Waals surface area contributed by atoms with Crippen molar-refractivity contribution in [1.82, 2.24) is 5.32 Å². The van der Waals surface area contributed by atoms with Gasteiger partial charge in [0.15, 0.2) is 0 Å². The summed E-state index contributed by atoms with van der Waals surface area (Å²) >= 11 is 1.63. The molecule has 12 heavy (non-hydrogen) atoms. The van der Waals surface area contributed by atoms with Gasteiger partial charge in [0.2, 0.25) is 0 Å². The largest absolute Gasteiger partial charge is 0.398 e. The van der Waals surface area contributed by atoms with Gasteiger partial charge in [0.1, 0.15) is 0 Å². The van der Waals surface area contributed by atoms with Gasteiger partial charge < -0.3 is 16.2 Å². The van der Waals surface area contributed by atoms with Crippen LogP contribution in [0.15, 0.2) is 11.4 Å².